The quantitative estimate of drug-likeness (QED) is 0.0846. The molecule has 0 amide bonds. The zero-order valence-electron chi connectivity index (χ0n) is 40.7. The summed E-state index contributed by atoms with van der Waals surface area (Å²) in [5, 5.41) is 106. The monoisotopic (exact) mass is 971 g/mol. The van der Waals surface area contributed by atoms with E-state index in [2.05, 4.69) is 54.5 Å². The highest BCUT2D eigenvalue weighted by Crippen LogP contribution is 2.76. The van der Waals surface area contributed by atoms with Crippen LogP contribution in [0, 0.1) is 50.2 Å². The highest BCUT2D eigenvalue weighted by atomic mass is 16.8. The van der Waals surface area contributed by atoms with Crippen LogP contribution in [0.4, 0.5) is 0 Å². The molecule has 19 nitrogen and oxygen atoms in total. The van der Waals surface area contributed by atoms with Crippen molar-refractivity contribution in [1.82, 2.24) is 0 Å². The van der Waals surface area contributed by atoms with E-state index < -0.39 is 134 Å². The van der Waals surface area contributed by atoms with Crippen molar-refractivity contribution >= 4 is 11.9 Å². The number of carbonyl (C=O) groups excluding carboxylic acids is 2. The number of rotatable bonds is 9. The summed E-state index contributed by atoms with van der Waals surface area (Å²) in [5.74, 6) is -1.30. The first kappa shape index (κ1) is 52.4. The number of carbonyl (C=O) groups is 2. The van der Waals surface area contributed by atoms with E-state index in [9.17, 15) is 60.7 Å². The minimum absolute atomic E-state index is 0.0770. The van der Waals surface area contributed by atoms with Crippen LogP contribution < -0.4 is 0 Å². The third-order valence-corrected chi connectivity index (χ3v) is 19.5. The van der Waals surface area contributed by atoms with E-state index in [0.717, 1.165) is 45.6 Å². The third-order valence-electron chi connectivity index (χ3n) is 19.5. The Balaban J connectivity index is 1.05. The predicted molar refractivity (Wildman–Crippen MR) is 235 cm³/mol. The lowest BCUT2D eigenvalue weighted by atomic mass is 9.33. The second kappa shape index (κ2) is 18.5. The summed E-state index contributed by atoms with van der Waals surface area (Å²) < 4.78 is 41.0. The predicted octanol–water partition coefficient (Wildman–Crippen LogP) is 0.321. The Morgan fingerprint density at radius 3 is 1.87 bits per heavy atom. The van der Waals surface area contributed by atoms with Gasteiger partial charge in [-0.05, 0) is 109 Å². The van der Waals surface area contributed by atoms with Gasteiger partial charge < -0.3 is 84.2 Å². The van der Waals surface area contributed by atoms with Crippen molar-refractivity contribution in [3.63, 3.8) is 0 Å². The van der Waals surface area contributed by atoms with Crippen molar-refractivity contribution in [3.8, 4) is 0 Å². The Bertz CT molecular complexity index is 1890. The molecule has 0 spiro atoms. The number of aliphatic hydroxyl groups is 10. The molecule has 3 saturated heterocycles. The Morgan fingerprint density at radius 1 is 0.647 bits per heavy atom. The van der Waals surface area contributed by atoms with Crippen molar-refractivity contribution in [2.24, 2.45) is 50.2 Å². The maximum atomic E-state index is 14.7. The lowest BCUT2D eigenvalue weighted by Crippen LogP contribution is -2.67. The number of hydrogen-bond acceptors (Lipinski definition) is 19. The second-order valence-corrected chi connectivity index (χ2v) is 23.7. The van der Waals surface area contributed by atoms with E-state index in [-0.39, 0.29) is 39.4 Å². The van der Waals surface area contributed by atoms with Crippen molar-refractivity contribution < 1.29 is 93.8 Å². The van der Waals surface area contributed by atoms with Gasteiger partial charge in [-0.1, -0.05) is 60.1 Å². The Kier molecular flexibility index (Phi) is 14.3. The van der Waals surface area contributed by atoms with E-state index in [0.29, 0.717) is 25.7 Å². The summed E-state index contributed by atoms with van der Waals surface area (Å²) >= 11 is 0. The number of ether oxygens (including phenoxy) is 7. The molecule has 388 valence electrons. The minimum Gasteiger partial charge on any atom is -0.467 e. The minimum atomic E-state index is -1.85. The average molecular weight is 971 g/mol. The molecule has 5 aliphatic carbocycles. The summed E-state index contributed by atoms with van der Waals surface area (Å²) in [6.45, 7) is 14.6. The van der Waals surface area contributed by atoms with E-state index in [1.807, 2.05) is 0 Å². The van der Waals surface area contributed by atoms with Crippen LogP contribution in [-0.4, -0.2) is 182 Å². The topological polar surface area (TPSA) is 301 Å². The molecular formula is C49H78O19. The molecule has 4 saturated carbocycles. The number of esters is 2. The fraction of sp³-hybridized carbons (Fsp3) is 0.918. The van der Waals surface area contributed by atoms with Crippen LogP contribution >= 0.6 is 0 Å². The molecule has 0 radical (unpaired) electrons. The van der Waals surface area contributed by atoms with Crippen LogP contribution in [0.2, 0.25) is 0 Å². The zero-order chi connectivity index (χ0) is 49.8. The van der Waals surface area contributed by atoms with Gasteiger partial charge in [-0.15, -0.1) is 0 Å². The third kappa shape index (κ3) is 8.13. The van der Waals surface area contributed by atoms with Crippen molar-refractivity contribution in [1.29, 1.82) is 0 Å². The van der Waals surface area contributed by atoms with Gasteiger partial charge in [0.15, 0.2) is 18.7 Å². The molecule has 23 atom stereocenters. The summed E-state index contributed by atoms with van der Waals surface area (Å²) in [6.07, 6.45) is -15.5. The molecule has 0 aromatic rings. The fourth-order valence-electron chi connectivity index (χ4n) is 15.1. The van der Waals surface area contributed by atoms with E-state index >= 15 is 0 Å². The van der Waals surface area contributed by atoms with E-state index in [1.54, 1.807) is 0 Å². The largest absolute Gasteiger partial charge is 0.467 e. The zero-order valence-corrected chi connectivity index (χ0v) is 40.7. The van der Waals surface area contributed by atoms with Gasteiger partial charge in [0.2, 0.25) is 6.29 Å². The molecule has 0 bridgehead atoms. The van der Waals surface area contributed by atoms with E-state index in [4.69, 9.17) is 33.2 Å². The highest BCUT2D eigenvalue weighted by Gasteiger charge is 2.70. The first-order valence-corrected chi connectivity index (χ1v) is 24.7. The van der Waals surface area contributed by atoms with Gasteiger partial charge in [0.1, 0.15) is 67.1 Å². The summed E-state index contributed by atoms with van der Waals surface area (Å²) in [7, 11) is 1.12. The Morgan fingerprint density at radius 2 is 1.25 bits per heavy atom. The maximum absolute atomic E-state index is 14.7. The van der Waals surface area contributed by atoms with Gasteiger partial charge in [0.25, 0.3) is 0 Å². The van der Waals surface area contributed by atoms with Gasteiger partial charge >= 0.3 is 11.9 Å². The molecule has 8 aliphatic rings. The molecule has 19 heteroatoms. The molecule has 68 heavy (non-hydrogen) atoms. The van der Waals surface area contributed by atoms with Crippen LogP contribution in [0.3, 0.4) is 0 Å². The fourth-order valence-corrected chi connectivity index (χ4v) is 15.1. The van der Waals surface area contributed by atoms with Crippen LogP contribution in [0.1, 0.15) is 113 Å². The summed E-state index contributed by atoms with van der Waals surface area (Å²) in [6, 6.07) is 0. The molecule has 3 heterocycles. The average Bonchev–Trinajstić information content (AvgIpc) is 3.29. The Labute approximate surface area is 398 Å². The number of aliphatic hydroxyl groups excluding tert-OH is 10. The first-order valence-electron chi connectivity index (χ1n) is 24.7. The summed E-state index contributed by atoms with van der Waals surface area (Å²) in [4.78, 5) is 27.6. The van der Waals surface area contributed by atoms with Crippen molar-refractivity contribution in [2.75, 3.05) is 20.3 Å². The van der Waals surface area contributed by atoms with Gasteiger partial charge in [-0.3, -0.25) is 4.79 Å². The number of methoxy groups -OCH3 is 1. The molecule has 0 unspecified atom stereocenters. The van der Waals surface area contributed by atoms with Gasteiger partial charge in [0, 0.05) is 0 Å². The van der Waals surface area contributed by atoms with Crippen LogP contribution in [0.15, 0.2) is 11.6 Å². The lowest BCUT2D eigenvalue weighted by Gasteiger charge is -2.71. The van der Waals surface area contributed by atoms with E-state index in [1.165, 1.54) is 5.57 Å². The molecule has 3 aliphatic heterocycles. The van der Waals surface area contributed by atoms with Crippen molar-refractivity contribution in [2.45, 2.75) is 211 Å². The Hall–Kier alpha value is -1.92. The van der Waals surface area contributed by atoms with Crippen molar-refractivity contribution in [3.05, 3.63) is 11.6 Å². The molecular weight excluding hydrogens is 893 g/mol. The number of hydrogen-bond donors (Lipinski definition) is 10. The second-order valence-electron chi connectivity index (χ2n) is 23.7. The SMILES string of the molecule is COC(=O)[C@H]1O[C@@H](O[C@H]2CC[C@]3(C)[C@H]4CC=C5[C@@H]6CC(C)(C)CC[C@]6(C(=O)O[C@@H]6O[C@H](CO)[C@@H](O)[C@H](O)[C@H]6O)CC[C@@]5(C)[C@]4(C)CC[C@H]3C2(C)C)[C@H](O[C@H]2O[C@H](CO)[C@@H](O)[C@H](O)[C@H]2O)[C@@H](O)[C@@H]1O. The molecule has 0 aromatic heterocycles. The lowest BCUT2D eigenvalue weighted by molar-refractivity contribution is -0.374. The summed E-state index contributed by atoms with van der Waals surface area (Å²) in [5.41, 5.74) is -0.950. The molecule has 8 rings (SSSR count). The molecule has 0 aromatic carbocycles. The van der Waals surface area contributed by atoms with Gasteiger partial charge in [0.05, 0.1) is 31.8 Å². The number of allylic oxidation sites excluding steroid dienone is 2. The highest BCUT2D eigenvalue weighted by molar-refractivity contribution is 5.79. The normalized spacial score (nSPS) is 52.0. The number of fused-ring (bicyclic) bond motifs is 7. The van der Waals surface area contributed by atoms with Crippen LogP contribution in [-0.2, 0) is 42.7 Å². The smallest absolute Gasteiger partial charge is 0.337 e. The van der Waals surface area contributed by atoms with Gasteiger partial charge in [-0.2, -0.15) is 0 Å². The van der Waals surface area contributed by atoms with Crippen LogP contribution in [0.25, 0.3) is 0 Å². The molecule has 10 N–H and O–H groups in total. The first-order chi connectivity index (χ1) is 31.8. The standard InChI is InChI=1S/C49H78O19/c1-44(2)15-17-49(43(61)68-41-36(59)32(55)30(53)25(21-51)64-41)18-16-47(6)22(23(49)19-44)9-10-27-46(5)13-12-28(45(3,4)26(46)11-14-48(27,47)7)65-42-38(34(57)33(56)37(66-42)39(60)62-8)67-40-35(58)31(54)29(52)24(20-50)63-40/h9,23-38,40-42,50-59H,10-21H2,1-8H3/t23-,24+,25+,26-,27+,28-,29+,30+,31-,32-,33-,34-,35+,36+,37-,38+,40+,41-,42+,46-,47+,48+,49-/m0/s1. The van der Waals surface area contributed by atoms with Gasteiger partial charge in [-0.25, -0.2) is 4.79 Å². The molecule has 7 fully saturated rings. The van der Waals surface area contributed by atoms with Crippen LogP contribution in [0.5, 0.6) is 0 Å². The maximum Gasteiger partial charge on any atom is 0.337 e.